The fraction of sp³-hybridized carbons (Fsp3) is 0.750. The van der Waals surface area contributed by atoms with Gasteiger partial charge in [-0.1, -0.05) is 5.16 Å². The number of amides is 1. The number of aromatic nitrogens is 1. The lowest BCUT2D eigenvalue weighted by molar-refractivity contribution is 0.0501. The molecule has 6 heteroatoms. The van der Waals surface area contributed by atoms with Crippen molar-refractivity contribution in [1.29, 1.82) is 0 Å². The van der Waals surface area contributed by atoms with E-state index in [-0.39, 0.29) is 5.91 Å². The summed E-state index contributed by atoms with van der Waals surface area (Å²) in [5.41, 5.74) is 0. The van der Waals surface area contributed by atoms with Gasteiger partial charge in [0.15, 0.2) is 0 Å². The van der Waals surface area contributed by atoms with Crippen LogP contribution in [0.5, 0.6) is 0 Å². The van der Waals surface area contributed by atoms with E-state index in [4.69, 9.17) is 9.26 Å². The number of hydrogen-bond acceptors (Lipinski definition) is 5. The van der Waals surface area contributed by atoms with E-state index in [1.165, 1.54) is 19.0 Å². The summed E-state index contributed by atoms with van der Waals surface area (Å²) < 4.78 is 10.5. The number of ether oxygens (including phenoxy) is 1. The summed E-state index contributed by atoms with van der Waals surface area (Å²) in [5, 5.41) is 3.65. The van der Waals surface area contributed by atoms with E-state index in [1.54, 1.807) is 6.07 Å². The Kier molecular flexibility index (Phi) is 3.88. The molecule has 0 saturated carbocycles. The lowest BCUT2D eigenvalue weighted by Crippen LogP contribution is -2.41. The molecule has 0 bridgehead atoms. The molecular weight excluding hydrogens is 282 g/mol. The van der Waals surface area contributed by atoms with Gasteiger partial charge in [-0.2, -0.15) is 0 Å². The summed E-state index contributed by atoms with van der Waals surface area (Å²) in [4.78, 5) is 17.1. The highest BCUT2D eigenvalue weighted by Gasteiger charge is 2.45. The Hall–Kier alpha value is -1.40. The monoisotopic (exact) mass is 305 g/mol. The molecule has 3 aliphatic rings. The molecule has 3 fully saturated rings. The number of nitrogens with zero attached hydrogens (tertiary/aromatic N) is 3. The molecule has 2 atom stereocenters. The van der Waals surface area contributed by atoms with E-state index in [1.807, 2.05) is 4.90 Å². The van der Waals surface area contributed by atoms with Crippen LogP contribution in [0.4, 0.5) is 0 Å². The van der Waals surface area contributed by atoms with Crippen molar-refractivity contribution >= 4 is 5.91 Å². The van der Waals surface area contributed by atoms with Crippen molar-refractivity contribution in [2.24, 2.45) is 5.92 Å². The first kappa shape index (κ1) is 14.2. The Morgan fingerprint density at radius 1 is 1.18 bits per heavy atom. The predicted molar refractivity (Wildman–Crippen MR) is 79.5 cm³/mol. The van der Waals surface area contributed by atoms with Gasteiger partial charge < -0.3 is 14.2 Å². The summed E-state index contributed by atoms with van der Waals surface area (Å²) in [6, 6.07) is 2.52. The summed E-state index contributed by atoms with van der Waals surface area (Å²) in [6.45, 7) is 4.91. The molecule has 120 valence electrons. The minimum atomic E-state index is -0.00193. The van der Waals surface area contributed by atoms with Crippen molar-refractivity contribution in [3.8, 4) is 0 Å². The van der Waals surface area contributed by atoms with Gasteiger partial charge in [0.05, 0.1) is 6.20 Å². The first-order valence-electron chi connectivity index (χ1n) is 8.36. The highest BCUT2D eigenvalue weighted by atomic mass is 16.5. The number of carbonyl (C=O) groups is 1. The van der Waals surface area contributed by atoms with Crippen molar-refractivity contribution in [3.63, 3.8) is 0 Å². The van der Waals surface area contributed by atoms with Crippen LogP contribution >= 0.6 is 0 Å². The van der Waals surface area contributed by atoms with Gasteiger partial charge >= 0.3 is 0 Å². The van der Waals surface area contributed by atoms with E-state index in [0.717, 1.165) is 51.6 Å². The second-order valence-electron chi connectivity index (χ2n) is 6.64. The highest BCUT2D eigenvalue weighted by Crippen LogP contribution is 2.34. The van der Waals surface area contributed by atoms with Gasteiger partial charge in [-0.05, 0) is 31.6 Å². The van der Waals surface area contributed by atoms with Crippen LogP contribution in [0.25, 0.3) is 0 Å². The third kappa shape index (κ3) is 2.54. The van der Waals surface area contributed by atoms with E-state index < -0.39 is 0 Å². The highest BCUT2D eigenvalue weighted by molar-refractivity contribution is 5.91. The molecule has 3 saturated heterocycles. The van der Waals surface area contributed by atoms with Crippen LogP contribution in [0, 0.1) is 5.92 Å². The largest absolute Gasteiger partial charge is 0.381 e. The lowest BCUT2D eigenvalue weighted by atomic mass is 9.99. The van der Waals surface area contributed by atoms with Gasteiger partial charge in [0.25, 0.3) is 5.91 Å². The van der Waals surface area contributed by atoms with Crippen LogP contribution in [0.1, 0.15) is 36.2 Å². The van der Waals surface area contributed by atoms with Crippen molar-refractivity contribution in [2.45, 2.75) is 37.8 Å². The zero-order chi connectivity index (χ0) is 14.9. The lowest BCUT2D eigenvalue weighted by Gasteiger charge is -2.30. The fourth-order valence-corrected chi connectivity index (χ4v) is 4.28. The zero-order valence-corrected chi connectivity index (χ0v) is 12.8. The molecule has 0 unspecified atom stereocenters. The van der Waals surface area contributed by atoms with Gasteiger partial charge in [-0.25, -0.2) is 0 Å². The van der Waals surface area contributed by atoms with Crippen LogP contribution < -0.4 is 0 Å². The molecule has 0 radical (unpaired) electrons. The number of hydrogen-bond donors (Lipinski definition) is 0. The number of fused-ring (bicyclic) bond motifs is 1. The molecule has 3 aliphatic heterocycles. The summed E-state index contributed by atoms with van der Waals surface area (Å²) in [7, 11) is 0. The van der Waals surface area contributed by atoms with Crippen LogP contribution in [-0.2, 0) is 4.74 Å². The normalized spacial score (nSPS) is 29.9. The molecule has 4 heterocycles. The predicted octanol–water partition coefficient (Wildman–Crippen LogP) is 1.39. The van der Waals surface area contributed by atoms with Gasteiger partial charge in [0.2, 0.25) is 5.76 Å². The maximum absolute atomic E-state index is 12.5. The average molecular weight is 305 g/mol. The number of rotatable bonds is 3. The summed E-state index contributed by atoms with van der Waals surface area (Å²) in [5.74, 6) is 1.12. The maximum atomic E-state index is 12.5. The van der Waals surface area contributed by atoms with Gasteiger partial charge in [-0.15, -0.1) is 0 Å². The number of likely N-dealkylation sites (tertiary alicyclic amines) is 2. The molecule has 6 nitrogen and oxygen atoms in total. The van der Waals surface area contributed by atoms with Gasteiger partial charge in [0, 0.05) is 51.0 Å². The maximum Gasteiger partial charge on any atom is 0.292 e. The zero-order valence-electron chi connectivity index (χ0n) is 12.8. The smallest absolute Gasteiger partial charge is 0.292 e. The summed E-state index contributed by atoms with van der Waals surface area (Å²) >= 11 is 0. The summed E-state index contributed by atoms with van der Waals surface area (Å²) in [6.07, 6.45) is 6.04. The van der Waals surface area contributed by atoms with Crippen LogP contribution in [0.15, 0.2) is 16.8 Å². The van der Waals surface area contributed by atoms with Gasteiger partial charge in [-0.3, -0.25) is 9.69 Å². The van der Waals surface area contributed by atoms with Crippen molar-refractivity contribution < 1.29 is 14.1 Å². The van der Waals surface area contributed by atoms with Crippen LogP contribution in [-0.4, -0.2) is 65.8 Å². The third-order valence-corrected chi connectivity index (χ3v) is 5.43. The molecule has 0 N–H and O–H groups in total. The molecule has 1 aromatic heterocycles. The molecule has 22 heavy (non-hydrogen) atoms. The van der Waals surface area contributed by atoms with Crippen LogP contribution in [0.3, 0.4) is 0 Å². The minimum absolute atomic E-state index is 0.00193. The van der Waals surface area contributed by atoms with Crippen molar-refractivity contribution in [3.05, 3.63) is 18.0 Å². The Labute approximate surface area is 130 Å². The Bertz CT molecular complexity index is 513. The van der Waals surface area contributed by atoms with E-state index in [0.29, 0.717) is 17.8 Å². The second-order valence-corrected chi connectivity index (χ2v) is 6.64. The minimum Gasteiger partial charge on any atom is -0.381 e. The molecular formula is C16H23N3O3. The third-order valence-electron chi connectivity index (χ3n) is 5.43. The first-order valence-corrected chi connectivity index (χ1v) is 8.36. The van der Waals surface area contributed by atoms with Crippen molar-refractivity contribution in [1.82, 2.24) is 15.0 Å². The second kappa shape index (κ2) is 6.01. The SMILES string of the molecule is O=C(c1ccno1)N1CC[C@H]2[C@@H]1CCN2CC1CCOCC1. The Balaban J connectivity index is 1.39. The van der Waals surface area contributed by atoms with Crippen molar-refractivity contribution in [2.75, 3.05) is 32.8 Å². The standard InChI is InChI=1S/C16H23N3O3/c20-16(15-1-6-17-22-15)19-8-3-13-14(19)2-7-18(13)11-12-4-9-21-10-5-12/h1,6,12-14H,2-5,7-11H2/t13-,14-/m0/s1. The molecule has 0 spiro atoms. The number of carbonyl (C=O) groups excluding carboxylic acids is 1. The average Bonchev–Trinajstić information content (AvgIpc) is 3.26. The Morgan fingerprint density at radius 2 is 2.00 bits per heavy atom. The fourth-order valence-electron chi connectivity index (χ4n) is 4.28. The van der Waals surface area contributed by atoms with E-state index >= 15 is 0 Å². The first-order chi connectivity index (χ1) is 10.8. The molecule has 1 amide bonds. The van der Waals surface area contributed by atoms with E-state index in [2.05, 4.69) is 10.1 Å². The Morgan fingerprint density at radius 3 is 2.77 bits per heavy atom. The quantitative estimate of drug-likeness (QED) is 0.844. The molecule has 4 rings (SSSR count). The molecule has 1 aromatic rings. The van der Waals surface area contributed by atoms with Crippen LogP contribution in [0.2, 0.25) is 0 Å². The topological polar surface area (TPSA) is 58.8 Å². The van der Waals surface area contributed by atoms with E-state index in [9.17, 15) is 4.79 Å². The molecule has 0 aliphatic carbocycles. The molecule has 0 aromatic carbocycles. The van der Waals surface area contributed by atoms with Gasteiger partial charge in [0.1, 0.15) is 0 Å².